The molecule has 0 spiro atoms. The van der Waals surface area contributed by atoms with Gasteiger partial charge in [0.15, 0.2) is 0 Å². The molecule has 2 aromatic carbocycles. The zero-order valence-electron chi connectivity index (χ0n) is 12.0. The number of rotatable bonds is 4. The minimum atomic E-state index is 0.0739. The maximum atomic E-state index is 12.3. The van der Waals surface area contributed by atoms with Crippen molar-refractivity contribution < 1.29 is 4.79 Å². The van der Waals surface area contributed by atoms with E-state index in [0.29, 0.717) is 13.0 Å². The molecule has 0 aliphatic rings. The summed E-state index contributed by atoms with van der Waals surface area (Å²) in [7, 11) is 1.80. The van der Waals surface area contributed by atoms with Gasteiger partial charge < -0.3 is 10.6 Å². The zero-order chi connectivity index (χ0) is 14.5. The lowest BCUT2D eigenvalue weighted by atomic mass is 10.1. The van der Waals surface area contributed by atoms with Crippen LogP contribution in [0.1, 0.15) is 16.7 Å². The molecule has 0 saturated carbocycles. The Kier molecular flexibility index (Phi) is 4.53. The first-order valence-corrected chi connectivity index (χ1v) is 6.71. The molecule has 2 aromatic rings. The van der Waals surface area contributed by atoms with Gasteiger partial charge in [-0.15, -0.1) is 0 Å². The van der Waals surface area contributed by atoms with E-state index in [9.17, 15) is 4.79 Å². The summed E-state index contributed by atoms with van der Waals surface area (Å²) in [4.78, 5) is 14.0. The highest BCUT2D eigenvalue weighted by Crippen LogP contribution is 2.16. The number of likely N-dealkylation sites (N-methyl/N-ethyl adjacent to an activating group) is 1. The fraction of sp³-hybridized carbons (Fsp3) is 0.235. The van der Waals surface area contributed by atoms with Crippen molar-refractivity contribution in [3.8, 4) is 0 Å². The highest BCUT2D eigenvalue weighted by atomic mass is 16.2. The molecule has 0 bridgehead atoms. The number of carbonyl (C=O) groups excluding carboxylic acids is 1. The molecule has 3 nitrogen and oxygen atoms in total. The van der Waals surface area contributed by atoms with Crippen LogP contribution in [0.4, 0.5) is 5.69 Å². The van der Waals surface area contributed by atoms with Gasteiger partial charge in [-0.05, 0) is 30.2 Å². The summed E-state index contributed by atoms with van der Waals surface area (Å²) < 4.78 is 0. The minimum absolute atomic E-state index is 0.0739. The van der Waals surface area contributed by atoms with E-state index >= 15 is 0 Å². The molecule has 1 amide bonds. The number of nitrogens with two attached hydrogens (primary N) is 1. The SMILES string of the molecule is Cc1cccc(CC(=O)N(C)c2cccc(CN)c2)c1. The van der Waals surface area contributed by atoms with E-state index in [0.717, 1.165) is 16.8 Å². The normalized spacial score (nSPS) is 10.3. The largest absolute Gasteiger partial charge is 0.326 e. The van der Waals surface area contributed by atoms with Crippen LogP contribution in [0, 0.1) is 6.92 Å². The number of carbonyl (C=O) groups is 1. The Labute approximate surface area is 120 Å². The molecule has 0 saturated heterocycles. The van der Waals surface area contributed by atoms with Crippen LogP contribution in [-0.2, 0) is 17.8 Å². The molecule has 0 aromatic heterocycles. The lowest BCUT2D eigenvalue weighted by molar-refractivity contribution is -0.117. The molecule has 20 heavy (non-hydrogen) atoms. The van der Waals surface area contributed by atoms with Gasteiger partial charge in [0.25, 0.3) is 0 Å². The fourth-order valence-electron chi connectivity index (χ4n) is 2.15. The minimum Gasteiger partial charge on any atom is -0.326 e. The van der Waals surface area contributed by atoms with Crippen LogP contribution in [0.15, 0.2) is 48.5 Å². The number of benzene rings is 2. The van der Waals surface area contributed by atoms with E-state index in [1.54, 1.807) is 11.9 Å². The van der Waals surface area contributed by atoms with Crippen molar-refractivity contribution in [3.05, 3.63) is 65.2 Å². The average Bonchev–Trinajstić information content (AvgIpc) is 2.46. The first kappa shape index (κ1) is 14.3. The summed E-state index contributed by atoms with van der Waals surface area (Å²) in [5, 5.41) is 0. The van der Waals surface area contributed by atoms with Gasteiger partial charge in [0, 0.05) is 19.3 Å². The molecule has 2 rings (SSSR count). The zero-order valence-corrected chi connectivity index (χ0v) is 12.0. The predicted molar refractivity (Wildman–Crippen MR) is 82.6 cm³/mol. The van der Waals surface area contributed by atoms with Crippen LogP contribution in [0.5, 0.6) is 0 Å². The second-order valence-corrected chi connectivity index (χ2v) is 4.99. The van der Waals surface area contributed by atoms with Crippen molar-refractivity contribution in [1.29, 1.82) is 0 Å². The van der Waals surface area contributed by atoms with Crippen molar-refractivity contribution in [2.75, 3.05) is 11.9 Å². The Morgan fingerprint density at radius 1 is 1.10 bits per heavy atom. The van der Waals surface area contributed by atoms with Crippen LogP contribution in [0.2, 0.25) is 0 Å². The second kappa shape index (κ2) is 6.35. The third-order valence-electron chi connectivity index (χ3n) is 3.35. The summed E-state index contributed by atoms with van der Waals surface area (Å²) in [5.41, 5.74) is 9.75. The number of anilines is 1. The van der Waals surface area contributed by atoms with E-state index in [4.69, 9.17) is 5.73 Å². The molecule has 0 atom stereocenters. The standard InChI is InChI=1S/C17H20N2O/c1-13-5-3-6-14(9-13)11-17(20)19(2)16-8-4-7-15(10-16)12-18/h3-10H,11-12,18H2,1-2H3. The lowest BCUT2D eigenvalue weighted by Crippen LogP contribution is -2.28. The van der Waals surface area contributed by atoms with Gasteiger partial charge in [0.05, 0.1) is 6.42 Å². The Morgan fingerprint density at radius 3 is 2.50 bits per heavy atom. The predicted octanol–water partition coefficient (Wildman–Crippen LogP) is 2.66. The first-order valence-electron chi connectivity index (χ1n) is 6.71. The van der Waals surface area contributed by atoms with E-state index < -0.39 is 0 Å². The van der Waals surface area contributed by atoms with Crippen molar-refractivity contribution in [2.24, 2.45) is 5.73 Å². The van der Waals surface area contributed by atoms with Crippen LogP contribution < -0.4 is 10.6 Å². The summed E-state index contributed by atoms with van der Waals surface area (Å²) in [5.74, 6) is 0.0739. The molecule has 0 radical (unpaired) electrons. The smallest absolute Gasteiger partial charge is 0.231 e. The summed E-state index contributed by atoms with van der Waals surface area (Å²) in [6.07, 6.45) is 0.408. The van der Waals surface area contributed by atoms with Gasteiger partial charge >= 0.3 is 0 Å². The van der Waals surface area contributed by atoms with Crippen LogP contribution >= 0.6 is 0 Å². The van der Waals surface area contributed by atoms with Crippen molar-refractivity contribution in [1.82, 2.24) is 0 Å². The quantitative estimate of drug-likeness (QED) is 0.926. The Bertz CT molecular complexity index is 607. The third-order valence-corrected chi connectivity index (χ3v) is 3.35. The van der Waals surface area contributed by atoms with Gasteiger partial charge in [-0.1, -0.05) is 42.0 Å². The highest BCUT2D eigenvalue weighted by Gasteiger charge is 2.12. The van der Waals surface area contributed by atoms with Crippen molar-refractivity contribution in [2.45, 2.75) is 19.9 Å². The first-order chi connectivity index (χ1) is 9.60. The molecular weight excluding hydrogens is 248 g/mol. The Balaban J connectivity index is 2.12. The molecule has 0 aliphatic carbocycles. The molecule has 104 valence electrons. The van der Waals surface area contributed by atoms with Gasteiger partial charge in [-0.3, -0.25) is 4.79 Å². The molecule has 0 heterocycles. The fourth-order valence-corrected chi connectivity index (χ4v) is 2.15. The number of nitrogens with zero attached hydrogens (tertiary/aromatic N) is 1. The van der Waals surface area contributed by atoms with Gasteiger partial charge in [-0.25, -0.2) is 0 Å². The van der Waals surface area contributed by atoms with Crippen LogP contribution in [0.25, 0.3) is 0 Å². The number of amides is 1. The monoisotopic (exact) mass is 268 g/mol. The summed E-state index contributed by atoms with van der Waals surface area (Å²) >= 11 is 0. The molecule has 0 aliphatic heterocycles. The Morgan fingerprint density at radius 2 is 1.80 bits per heavy atom. The molecule has 0 unspecified atom stereocenters. The molecular formula is C17H20N2O. The molecule has 2 N–H and O–H groups in total. The van der Waals surface area contributed by atoms with Gasteiger partial charge in [0.2, 0.25) is 5.91 Å². The van der Waals surface area contributed by atoms with E-state index in [1.165, 1.54) is 5.56 Å². The van der Waals surface area contributed by atoms with Crippen molar-refractivity contribution >= 4 is 11.6 Å². The number of hydrogen-bond donors (Lipinski definition) is 1. The van der Waals surface area contributed by atoms with Gasteiger partial charge in [0.1, 0.15) is 0 Å². The van der Waals surface area contributed by atoms with E-state index in [-0.39, 0.29) is 5.91 Å². The highest BCUT2D eigenvalue weighted by molar-refractivity contribution is 5.94. The third kappa shape index (κ3) is 3.45. The lowest BCUT2D eigenvalue weighted by Gasteiger charge is -2.18. The molecule has 0 fully saturated rings. The van der Waals surface area contributed by atoms with Crippen molar-refractivity contribution in [3.63, 3.8) is 0 Å². The van der Waals surface area contributed by atoms with E-state index in [2.05, 4.69) is 0 Å². The number of aryl methyl sites for hydroxylation is 1. The van der Waals surface area contributed by atoms with Gasteiger partial charge in [-0.2, -0.15) is 0 Å². The topological polar surface area (TPSA) is 46.3 Å². The summed E-state index contributed by atoms with van der Waals surface area (Å²) in [6, 6.07) is 15.8. The maximum Gasteiger partial charge on any atom is 0.231 e. The van der Waals surface area contributed by atoms with E-state index in [1.807, 2.05) is 55.5 Å². The van der Waals surface area contributed by atoms with Crippen LogP contribution in [-0.4, -0.2) is 13.0 Å². The molecule has 3 heteroatoms. The Hall–Kier alpha value is -2.13. The summed E-state index contributed by atoms with van der Waals surface area (Å²) in [6.45, 7) is 2.51. The van der Waals surface area contributed by atoms with Crippen LogP contribution in [0.3, 0.4) is 0 Å². The maximum absolute atomic E-state index is 12.3. The second-order valence-electron chi connectivity index (χ2n) is 4.99. The number of hydrogen-bond acceptors (Lipinski definition) is 2. The average molecular weight is 268 g/mol.